The minimum Gasteiger partial charge on any atom is -0.494 e. The highest BCUT2D eigenvalue weighted by atomic mass is 19.1. The maximum absolute atomic E-state index is 14.2. The Balaban J connectivity index is 1.84. The number of ether oxygens (including phenoxy) is 1. The molecular weight excluding hydrogens is 364 g/mol. The number of halogens is 2. The third-order valence-corrected chi connectivity index (χ3v) is 4.25. The Labute approximate surface area is 162 Å². The fourth-order valence-electron chi connectivity index (χ4n) is 2.93. The molecule has 0 saturated heterocycles. The summed E-state index contributed by atoms with van der Waals surface area (Å²) in [6.07, 6.45) is 1.54. The monoisotopic (exact) mass is 385 g/mol. The van der Waals surface area contributed by atoms with Crippen LogP contribution < -0.4 is 4.74 Å². The van der Waals surface area contributed by atoms with Crippen molar-refractivity contribution < 1.29 is 18.3 Å². The molecule has 0 bridgehead atoms. The van der Waals surface area contributed by atoms with E-state index in [4.69, 9.17) is 4.74 Å². The number of aryl methyl sites for hydroxylation is 1. The SMILES string of the molecule is CCOc1ccc(CN(C)C(=O)c2cn(C)nc2-c2ccc(F)cc2F)cc1. The fourth-order valence-corrected chi connectivity index (χ4v) is 2.93. The van der Waals surface area contributed by atoms with Gasteiger partial charge in [0.15, 0.2) is 0 Å². The predicted molar refractivity (Wildman–Crippen MR) is 102 cm³/mol. The number of hydrogen-bond acceptors (Lipinski definition) is 3. The number of amides is 1. The number of hydrogen-bond donors (Lipinski definition) is 0. The molecule has 0 N–H and O–H groups in total. The third kappa shape index (κ3) is 4.19. The van der Waals surface area contributed by atoms with Crippen LogP contribution in [0.3, 0.4) is 0 Å². The molecule has 0 aliphatic rings. The van der Waals surface area contributed by atoms with Gasteiger partial charge in [-0.2, -0.15) is 5.10 Å². The Bertz CT molecular complexity index is 984. The Hall–Kier alpha value is -3.22. The molecule has 0 aliphatic carbocycles. The Kier molecular flexibility index (Phi) is 5.73. The van der Waals surface area contributed by atoms with E-state index in [0.717, 1.165) is 23.4 Å². The summed E-state index contributed by atoms with van der Waals surface area (Å²) in [5.41, 5.74) is 1.45. The van der Waals surface area contributed by atoms with E-state index >= 15 is 0 Å². The molecule has 146 valence electrons. The van der Waals surface area contributed by atoms with E-state index in [1.165, 1.54) is 21.8 Å². The molecule has 0 saturated carbocycles. The Morgan fingerprint density at radius 1 is 1.18 bits per heavy atom. The molecular formula is C21H21F2N3O2. The lowest BCUT2D eigenvalue weighted by atomic mass is 10.1. The minimum absolute atomic E-state index is 0.0832. The summed E-state index contributed by atoms with van der Waals surface area (Å²) < 4.78 is 34.3. The second-order valence-electron chi connectivity index (χ2n) is 6.43. The van der Waals surface area contributed by atoms with Crippen molar-refractivity contribution in [3.8, 4) is 17.0 Å². The van der Waals surface area contributed by atoms with Crippen LogP contribution in [0.25, 0.3) is 11.3 Å². The number of aromatic nitrogens is 2. The van der Waals surface area contributed by atoms with Crippen LogP contribution >= 0.6 is 0 Å². The number of carbonyl (C=O) groups excluding carboxylic acids is 1. The summed E-state index contributed by atoms with van der Waals surface area (Å²) in [4.78, 5) is 14.5. The first-order chi connectivity index (χ1) is 13.4. The lowest BCUT2D eigenvalue weighted by Gasteiger charge is -2.17. The number of nitrogens with zero attached hydrogens (tertiary/aromatic N) is 3. The number of carbonyl (C=O) groups is 1. The Morgan fingerprint density at radius 2 is 1.89 bits per heavy atom. The highest BCUT2D eigenvalue weighted by Gasteiger charge is 2.22. The van der Waals surface area contributed by atoms with Gasteiger partial charge in [0.2, 0.25) is 0 Å². The van der Waals surface area contributed by atoms with Gasteiger partial charge in [0.25, 0.3) is 5.91 Å². The van der Waals surface area contributed by atoms with Gasteiger partial charge in [-0.1, -0.05) is 12.1 Å². The van der Waals surface area contributed by atoms with Crippen LogP contribution in [0.5, 0.6) is 5.75 Å². The van der Waals surface area contributed by atoms with Gasteiger partial charge >= 0.3 is 0 Å². The lowest BCUT2D eigenvalue weighted by molar-refractivity contribution is 0.0785. The normalized spacial score (nSPS) is 10.8. The van der Waals surface area contributed by atoms with Crippen molar-refractivity contribution in [2.45, 2.75) is 13.5 Å². The summed E-state index contributed by atoms with van der Waals surface area (Å²) in [7, 11) is 3.31. The van der Waals surface area contributed by atoms with Gasteiger partial charge in [-0.05, 0) is 36.8 Å². The highest BCUT2D eigenvalue weighted by molar-refractivity contribution is 5.99. The van der Waals surface area contributed by atoms with Gasteiger partial charge in [0.1, 0.15) is 23.1 Å². The average Bonchev–Trinajstić information content (AvgIpc) is 3.04. The molecule has 1 aromatic heterocycles. The van der Waals surface area contributed by atoms with Crippen LogP contribution in [0, 0.1) is 11.6 Å². The zero-order valence-corrected chi connectivity index (χ0v) is 15.9. The molecule has 0 atom stereocenters. The van der Waals surface area contributed by atoms with Crippen molar-refractivity contribution >= 4 is 5.91 Å². The van der Waals surface area contributed by atoms with Crippen molar-refractivity contribution in [2.24, 2.45) is 7.05 Å². The van der Waals surface area contributed by atoms with Gasteiger partial charge in [0.05, 0.1) is 12.2 Å². The van der Waals surface area contributed by atoms with Crippen molar-refractivity contribution in [2.75, 3.05) is 13.7 Å². The molecule has 2 aromatic carbocycles. The topological polar surface area (TPSA) is 47.4 Å². The van der Waals surface area contributed by atoms with Crippen LogP contribution in [0.15, 0.2) is 48.7 Å². The van der Waals surface area contributed by atoms with Gasteiger partial charge in [-0.25, -0.2) is 8.78 Å². The van der Waals surface area contributed by atoms with Crippen LogP contribution in [0.2, 0.25) is 0 Å². The second-order valence-corrected chi connectivity index (χ2v) is 6.43. The smallest absolute Gasteiger partial charge is 0.257 e. The van der Waals surface area contributed by atoms with E-state index in [1.54, 1.807) is 14.1 Å². The standard InChI is InChI=1S/C21H21F2N3O2/c1-4-28-16-8-5-14(6-9-16)12-25(2)21(27)18-13-26(3)24-20(18)17-10-7-15(22)11-19(17)23/h5-11,13H,4,12H2,1-3H3. The molecule has 7 heteroatoms. The molecule has 1 amide bonds. The molecule has 0 radical (unpaired) electrons. The van der Waals surface area contributed by atoms with Gasteiger partial charge in [-0.15, -0.1) is 0 Å². The van der Waals surface area contributed by atoms with Crippen molar-refractivity contribution in [1.82, 2.24) is 14.7 Å². The van der Waals surface area contributed by atoms with E-state index in [9.17, 15) is 13.6 Å². The summed E-state index contributed by atoms with van der Waals surface area (Å²) >= 11 is 0. The first-order valence-corrected chi connectivity index (χ1v) is 8.85. The maximum atomic E-state index is 14.2. The first kappa shape index (κ1) is 19.5. The molecule has 1 heterocycles. The molecule has 28 heavy (non-hydrogen) atoms. The maximum Gasteiger partial charge on any atom is 0.257 e. The second kappa shape index (κ2) is 8.21. The zero-order chi connectivity index (χ0) is 20.3. The highest BCUT2D eigenvalue weighted by Crippen LogP contribution is 2.26. The van der Waals surface area contributed by atoms with Crippen LogP contribution in [-0.4, -0.2) is 34.2 Å². The number of rotatable bonds is 6. The summed E-state index contributed by atoms with van der Waals surface area (Å²) in [5.74, 6) is -0.984. The van der Waals surface area contributed by atoms with Gasteiger partial charge < -0.3 is 9.64 Å². The molecule has 0 spiro atoms. The molecule has 3 rings (SSSR count). The molecule has 5 nitrogen and oxygen atoms in total. The predicted octanol–water partition coefficient (Wildman–Crippen LogP) is 4.04. The minimum atomic E-state index is -0.762. The van der Waals surface area contributed by atoms with Gasteiger partial charge in [-0.3, -0.25) is 9.48 Å². The third-order valence-electron chi connectivity index (χ3n) is 4.25. The van der Waals surface area contributed by atoms with Gasteiger partial charge in [0, 0.05) is 38.5 Å². The van der Waals surface area contributed by atoms with E-state index in [2.05, 4.69) is 5.10 Å². The molecule has 0 aliphatic heterocycles. The Morgan fingerprint density at radius 3 is 2.54 bits per heavy atom. The summed E-state index contributed by atoms with van der Waals surface area (Å²) in [6.45, 7) is 2.86. The van der Waals surface area contributed by atoms with E-state index in [1.807, 2.05) is 31.2 Å². The molecule has 3 aromatic rings. The first-order valence-electron chi connectivity index (χ1n) is 8.85. The summed E-state index contributed by atoms with van der Waals surface area (Å²) in [5, 5.41) is 4.20. The largest absolute Gasteiger partial charge is 0.494 e. The quantitative estimate of drug-likeness (QED) is 0.644. The van der Waals surface area contributed by atoms with E-state index in [0.29, 0.717) is 13.2 Å². The van der Waals surface area contributed by atoms with Crippen molar-refractivity contribution in [3.05, 3.63) is 71.4 Å². The van der Waals surface area contributed by atoms with Crippen molar-refractivity contribution in [3.63, 3.8) is 0 Å². The zero-order valence-electron chi connectivity index (χ0n) is 15.9. The van der Waals surface area contributed by atoms with E-state index < -0.39 is 11.6 Å². The summed E-state index contributed by atoms with van der Waals surface area (Å²) in [6, 6.07) is 10.7. The van der Waals surface area contributed by atoms with E-state index in [-0.39, 0.29) is 22.7 Å². The van der Waals surface area contributed by atoms with Crippen LogP contribution in [0.1, 0.15) is 22.8 Å². The van der Waals surface area contributed by atoms with Crippen LogP contribution in [0.4, 0.5) is 8.78 Å². The molecule has 0 unspecified atom stereocenters. The molecule has 0 fully saturated rings. The number of benzene rings is 2. The fraction of sp³-hybridized carbons (Fsp3) is 0.238. The van der Waals surface area contributed by atoms with Crippen LogP contribution in [-0.2, 0) is 13.6 Å². The lowest BCUT2D eigenvalue weighted by Crippen LogP contribution is -2.26. The average molecular weight is 385 g/mol. The van der Waals surface area contributed by atoms with Crippen molar-refractivity contribution in [1.29, 1.82) is 0 Å².